The summed E-state index contributed by atoms with van der Waals surface area (Å²) < 4.78 is 0. The minimum absolute atomic E-state index is 0.106. The lowest BCUT2D eigenvalue weighted by molar-refractivity contribution is -0.385. The third-order valence-corrected chi connectivity index (χ3v) is 3.48. The lowest BCUT2D eigenvalue weighted by atomic mass is 10.0. The van der Waals surface area contributed by atoms with Gasteiger partial charge in [-0.1, -0.05) is 39.8 Å². The van der Waals surface area contributed by atoms with Crippen molar-refractivity contribution in [2.45, 2.75) is 39.5 Å². The molecular formula is C18H25N3O2. The van der Waals surface area contributed by atoms with Gasteiger partial charge in [-0.05, 0) is 41.7 Å². The Balaban J connectivity index is 0.000000238. The quantitative estimate of drug-likeness (QED) is 0.488. The molecule has 0 radical (unpaired) electrons. The van der Waals surface area contributed by atoms with Gasteiger partial charge in [0.05, 0.1) is 4.92 Å². The highest BCUT2D eigenvalue weighted by Gasteiger charge is 2.15. The summed E-state index contributed by atoms with van der Waals surface area (Å²) in [6, 6.07) is 12.8. The summed E-state index contributed by atoms with van der Waals surface area (Å²) in [5.74, 6) is 0.738. The van der Waals surface area contributed by atoms with Crippen molar-refractivity contribution in [1.29, 1.82) is 0 Å². The van der Waals surface area contributed by atoms with Gasteiger partial charge in [0.1, 0.15) is 0 Å². The van der Waals surface area contributed by atoms with Crippen LogP contribution in [0.4, 0.5) is 17.1 Å². The normalized spacial score (nSPS) is 10.3. The molecule has 0 heterocycles. The van der Waals surface area contributed by atoms with Gasteiger partial charge >= 0.3 is 0 Å². The van der Waals surface area contributed by atoms with Crippen molar-refractivity contribution >= 4 is 17.1 Å². The molecule has 2 aromatic rings. The second-order valence-corrected chi connectivity index (χ2v) is 6.05. The SMILES string of the molecule is CC(C)c1ccc(N)cc1.CC(C)c1ccc(N)cc1[N+](=O)[O-]. The molecule has 0 saturated carbocycles. The number of benzene rings is 2. The maximum atomic E-state index is 10.6. The summed E-state index contributed by atoms with van der Waals surface area (Å²) in [6.45, 7) is 8.17. The molecule has 5 nitrogen and oxygen atoms in total. The largest absolute Gasteiger partial charge is 0.399 e. The van der Waals surface area contributed by atoms with Gasteiger partial charge in [-0.15, -0.1) is 0 Å². The predicted molar refractivity (Wildman–Crippen MR) is 96.5 cm³/mol. The van der Waals surface area contributed by atoms with E-state index < -0.39 is 4.92 Å². The Labute approximate surface area is 137 Å². The van der Waals surface area contributed by atoms with Crippen LogP contribution in [0, 0.1) is 10.1 Å². The lowest BCUT2D eigenvalue weighted by Gasteiger charge is -2.06. The third-order valence-electron chi connectivity index (χ3n) is 3.48. The molecule has 0 amide bonds. The van der Waals surface area contributed by atoms with Gasteiger partial charge in [0.15, 0.2) is 0 Å². The summed E-state index contributed by atoms with van der Waals surface area (Å²) in [6.07, 6.45) is 0. The number of rotatable bonds is 3. The zero-order chi connectivity index (χ0) is 17.6. The molecule has 23 heavy (non-hydrogen) atoms. The number of nitrogens with two attached hydrogens (primary N) is 2. The van der Waals surface area contributed by atoms with Crippen LogP contribution in [0.5, 0.6) is 0 Å². The fraction of sp³-hybridized carbons (Fsp3) is 0.333. The first-order valence-electron chi connectivity index (χ1n) is 7.61. The van der Waals surface area contributed by atoms with Crippen molar-refractivity contribution in [2.24, 2.45) is 0 Å². The van der Waals surface area contributed by atoms with Crippen LogP contribution in [0.3, 0.4) is 0 Å². The molecule has 0 atom stereocenters. The molecule has 5 heteroatoms. The number of nitrogen functional groups attached to an aromatic ring is 2. The van der Waals surface area contributed by atoms with Gasteiger partial charge in [-0.2, -0.15) is 0 Å². The van der Waals surface area contributed by atoms with E-state index in [0.29, 0.717) is 11.6 Å². The van der Waals surface area contributed by atoms with Gasteiger partial charge in [0, 0.05) is 23.0 Å². The van der Waals surface area contributed by atoms with Crippen molar-refractivity contribution < 1.29 is 4.92 Å². The third kappa shape index (κ3) is 5.62. The van der Waals surface area contributed by atoms with Gasteiger partial charge < -0.3 is 11.5 Å². The number of hydrogen-bond acceptors (Lipinski definition) is 4. The summed E-state index contributed by atoms with van der Waals surface area (Å²) in [5.41, 5.74) is 14.4. The smallest absolute Gasteiger partial charge is 0.274 e. The van der Waals surface area contributed by atoms with Gasteiger partial charge in [-0.25, -0.2) is 0 Å². The van der Waals surface area contributed by atoms with Crippen LogP contribution in [0.1, 0.15) is 50.7 Å². The molecule has 0 saturated heterocycles. The fourth-order valence-electron chi connectivity index (χ4n) is 2.09. The van der Waals surface area contributed by atoms with Gasteiger partial charge in [-0.3, -0.25) is 10.1 Å². The maximum Gasteiger partial charge on any atom is 0.274 e. The topological polar surface area (TPSA) is 95.2 Å². The van der Waals surface area contributed by atoms with Crippen LogP contribution in [-0.2, 0) is 0 Å². The fourth-order valence-corrected chi connectivity index (χ4v) is 2.09. The van der Waals surface area contributed by atoms with E-state index in [1.807, 2.05) is 26.0 Å². The Morgan fingerprint density at radius 1 is 0.870 bits per heavy atom. The van der Waals surface area contributed by atoms with E-state index in [4.69, 9.17) is 11.5 Å². The second-order valence-electron chi connectivity index (χ2n) is 6.05. The minimum atomic E-state index is -0.397. The average molecular weight is 315 g/mol. The standard InChI is InChI=1S/C9H12N2O2.C9H13N/c1-6(2)8-4-3-7(10)5-9(8)11(12)13;1-7(2)8-3-5-9(10)6-4-8/h3-6H,10H2,1-2H3;3-7H,10H2,1-2H3. The maximum absolute atomic E-state index is 10.6. The molecule has 0 bridgehead atoms. The number of nitro groups is 1. The first kappa shape index (κ1) is 18.5. The van der Waals surface area contributed by atoms with E-state index >= 15 is 0 Å². The molecule has 0 aromatic heterocycles. The summed E-state index contributed by atoms with van der Waals surface area (Å²) in [5, 5.41) is 10.6. The van der Waals surface area contributed by atoms with E-state index in [2.05, 4.69) is 26.0 Å². The highest BCUT2D eigenvalue weighted by atomic mass is 16.6. The van der Waals surface area contributed by atoms with E-state index in [1.54, 1.807) is 12.1 Å². The highest BCUT2D eigenvalue weighted by molar-refractivity contribution is 5.53. The van der Waals surface area contributed by atoms with Gasteiger partial charge in [0.25, 0.3) is 5.69 Å². The van der Waals surface area contributed by atoms with E-state index in [9.17, 15) is 10.1 Å². The number of nitro benzene ring substituents is 1. The Morgan fingerprint density at radius 3 is 1.83 bits per heavy atom. The van der Waals surface area contributed by atoms with Crippen LogP contribution in [0.2, 0.25) is 0 Å². The van der Waals surface area contributed by atoms with Crippen molar-refractivity contribution in [2.75, 3.05) is 11.5 Å². The molecular weight excluding hydrogens is 290 g/mol. The van der Waals surface area contributed by atoms with E-state index in [1.165, 1.54) is 11.6 Å². The Hall–Kier alpha value is -2.56. The van der Waals surface area contributed by atoms with Crippen LogP contribution in [0.15, 0.2) is 42.5 Å². The Kier molecular flexibility index (Phi) is 6.57. The van der Waals surface area contributed by atoms with Crippen LogP contribution in [0.25, 0.3) is 0 Å². The molecule has 124 valence electrons. The first-order valence-corrected chi connectivity index (χ1v) is 7.61. The van der Waals surface area contributed by atoms with Crippen molar-refractivity contribution in [1.82, 2.24) is 0 Å². The minimum Gasteiger partial charge on any atom is -0.399 e. The molecule has 0 aliphatic rings. The monoisotopic (exact) mass is 315 g/mol. The second kappa shape index (κ2) is 8.17. The molecule has 2 aromatic carbocycles. The van der Waals surface area contributed by atoms with E-state index in [-0.39, 0.29) is 11.6 Å². The molecule has 0 fully saturated rings. The molecule has 2 rings (SSSR count). The molecule has 0 spiro atoms. The molecule has 0 aliphatic carbocycles. The van der Waals surface area contributed by atoms with Crippen molar-refractivity contribution in [3.05, 3.63) is 63.7 Å². The molecule has 0 aliphatic heterocycles. The molecule has 4 N–H and O–H groups in total. The summed E-state index contributed by atoms with van der Waals surface area (Å²) in [7, 11) is 0. The number of nitrogens with zero attached hydrogens (tertiary/aromatic N) is 1. The predicted octanol–water partition coefficient (Wildman–Crippen LogP) is 4.69. The summed E-state index contributed by atoms with van der Waals surface area (Å²) in [4.78, 5) is 10.2. The zero-order valence-electron chi connectivity index (χ0n) is 14.1. The highest BCUT2D eigenvalue weighted by Crippen LogP contribution is 2.27. The Bertz CT molecular complexity index is 650. The Morgan fingerprint density at radius 2 is 1.39 bits per heavy atom. The van der Waals surface area contributed by atoms with Crippen LogP contribution >= 0.6 is 0 Å². The molecule has 0 unspecified atom stereocenters. The van der Waals surface area contributed by atoms with Crippen molar-refractivity contribution in [3.63, 3.8) is 0 Å². The number of anilines is 2. The summed E-state index contributed by atoms with van der Waals surface area (Å²) >= 11 is 0. The van der Waals surface area contributed by atoms with Gasteiger partial charge in [0.2, 0.25) is 0 Å². The number of hydrogen-bond donors (Lipinski definition) is 2. The van der Waals surface area contributed by atoms with E-state index in [0.717, 1.165) is 11.3 Å². The van der Waals surface area contributed by atoms with Crippen LogP contribution < -0.4 is 11.5 Å². The van der Waals surface area contributed by atoms with Crippen molar-refractivity contribution in [3.8, 4) is 0 Å². The zero-order valence-corrected chi connectivity index (χ0v) is 14.1. The first-order chi connectivity index (χ1) is 10.7. The average Bonchev–Trinajstić information content (AvgIpc) is 2.47. The van der Waals surface area contributed by atoms with Crippen LogP contribution in [-0.4, -0.2) is 4.92 Å². The lowest BCUT2D eigenvalue weighted by Crippen LogP contribution is -1.98.